The number of amidine groups is 1. The largest absolute Gasteiger partial charge is 0.464 e. The van der Waals surface area contributed by atoms with Crippen LogP contribution in [0.1, 0.15) is 48.6 Å². The maximum Gasteiger partial charge on any atom is 0.329 e. The Morgan fingerprint density at radius 3 is 2.67 bits per heavy atom. The van der Waals surface area contributed by atoms with E-state index >= 15 is 0 Å². The van der Waals surface area contributed by atoms with Crippen LogP contribution in [0.15, 0.2) is 59.0 Å². The summed E-state index contributed by atoms with van der Waals surface area (Å²) in [6.07, 6.45) is 2.91. The third kappa shape index (κ3) is 7.50. The Morgan fingerprint density at radius 1 is 1.21 bits per heavy atom. The van der Waals surface area contributed by atoms with Gasteiger partial charge in [0.05, 0.1) is 24.2 Å². The van der Waals surface area contributed by atoms with Crippen LogP contribution in [0.2, 0.25) is 0 Å². The predicted molar refractivity (Wildman–Crippen MR) is 163 cm³/mol. The molecule has 0 fully saturated rings. The molecule has 12 heteroatoms. The molecule has 11 nitrogen and oxygen atoms in total. The summed E-state index contributed by atoms with van der Waals surface area (Å²) in [5.41, 5.74) is 9.62. The molecule has 4 N–H and O–H groups in total. The van der Waals surface area contributed by atoms with Crippen molar-refractivity contribution in [2.75, 3.05) is 40.5 Å². The Morgan fingerprint density at radius 2 is 1.98 bits per heavy atom. The summed E-state index contributed by atoms with van der Waals surface area (Å²) in [7, 11) is -0.603. The number of hydrogen-bond donors (Lipinski definition) is 3. The number of carbonyl (C=O) groups excluding carboxylic acids is 2. The van der Waals surface area contributed by atoms with Crippen LogP contribution in [-0.2, 0) is 41.9 Å². The minimum atomic E-state index is -4.19. The number of hydrogen-bond acceptors (Lipinski definition) is 8. The Hall–Kier alpha value is -3.58. The van der Waals surface area contributed by atoms with Crippen LogP contribution in [-0.4, -0.2) is 88.5 Å². The van der Waals surface area contributed by atoms with Crippen molar-refractivity contribution in [3.8, 4) is 0 Å². The average Bonchev–Trinajstić information content (AvgIpc) is 2.98. The smallest absolute Gasteiger partial charge is 0.329 e. The number of nitrogens with zero attached hydrogens (tertiary/aromatic N) is 2. The van der Waals surface area contributed by atoms with Crippen molar-refractivity contribution in [1.82, 2.24) is 14.5 Å². The van der Waals surface area contributed by atoms with Crippen LogP contribution in [0, 0.1) is 5.41 Å². The highest BCUT2D eigenvalue weighted by Gasteiger charge is 2.38. The Balaban J connectivity index is 1.71. The average molecular weight is 612 g/mol. The van der Waals surface area contributed by atoms with Gasteiger partial charge in [0.2, 0.25) is 15.9 Å². The molecule has 1 unspecified atom stereocenters. The summed E-state index contributed by atoms with van der Waals surface area (Å²) in [4.78, 5) is 30.6. The van der Waals surface area contributed by atoms with Gasteiger partial charge in [-0.05, 0) is 75.0 Å². The lowest BCUT2D eigenvalue weighted by Gasteiger charge is -2.36. The van der Waals surface area contributed by atoms with E-state index in [0.717, 1.165) is 29.7 Å². The van der Waals surface area contributed by atoms with Crippen molar-refractivity contribution < 1.29 is 27.5 Å². The number of ether oxygens (including phenoxy) is 2. The van der Waals surface area contributed by atoms with Crippen LogP contribution in [0.3, 0.4) is 0 Å². The van der Waals surface area contributed by atoms with E-state index in [2.05, 4.69) is 9.62 Å². The monoisotopic (exact) mass is 611 g/mol. The van der Waals surface area contributed by atoms with Crippen molar-refractivity contribution in [2.45, 2.75) is 56.1 Å². The fourth-order valence-electron chi connectivity index (χ4n) is 5.65. The van der Waals surface area contributed by atoms with E-state index in [1.807, 2.05) is 26.1 Å². The van der Waals surface area contributed by atoms with Crippen molar-refractivity contribution in [2.24, 2.45) is 5.73 Å². The number of nitrogens with one attached hydrogen (secondary N) is 2. The number of nitrogens with two attached hydrogens (primary N) is 1. The standard InChI is InChI=1S/C31H41N5O6S/c1-5-42-31(38)27-15-20(2)11-14-36(27)30(37)26(17-21-7-6-8-23(16-21)29(32)33)34-43(39,40)24-10-9-22-12-13-35(3)28(19-41-4)25(22)18-24/h6-11,16,18,26-28,34H,5,12-15,17,19H2,1-4H3,(H3,32,33)/t26-,27+,28?/m0/s1. The molecular weight excluding hydrogens is 570 g/mol. The second-order valence-corrected chi connectivity index (χ2v) is 12.8. The van der Waals surface area contributed by atoms with Gasteiger partial charge in [0, 0.05) is 25.8 Å². The number of rotatable bonds is 11. The lowest BCUT2D eigenvalue weighted by Crippen LogP contribution is -2.56. The second kappa shape index (κ2) is 13.8. The molecule has 3 atom stereocenters. The van der Waals surface area contributed by atoms with Gasteiger partial charge in [0.25, 0.3) is 0 Å². The SMILES string of the molecule is CCOC(=O)[C@H]1CC(C)=CCN1C(=O)[C@H](Cc1cccc(C(=N)N)c1)NS(=O)(=O)c1ccc2c(c1)C(COC)N(C)CC2. The third-order valence-electron chi connectivity index (χ3n) is 8.02. The second-order valence-electron chi connectivity index (χ2n) is 11.1. The van der Waals surface area contributed by atoms with E-state index in [0.29, 0.717) is 24.2 Å². The van der Waals surface area contributed by atoms with Crippen LogP contribution < -0.4 is 10.5 Å². The zero-order valence-electron chi connectivity index (χ0n) is 25.1. The molecule has 2 aromatic carbocycles. The number of fused-ring (bicyclic) bond motifs is 1. The predicted octanol–water partition coefficient (Wildman–Crippen LogP) is 2.15. The Labute approximate surface area is 253 Å². The number of carbonyl (C=O) groups is 2. The van der Waals surface area contributed by atoms with E-state index in [-0.39, 0.29) is 36.3 Å². The molecule has 0 spiro atoms. The van der Waals surface area contributed by atoms with Gasteiger partial charge in [-0.3, -0.25) is 15.1 Å². The minimum Gasteiger partial charge on any atom is -0.464 e. The molecule has 0 saturated heterocycles. The molecule has 4 rings (SSSR count). The van der Waals surface area contributed by atoms with Crippen LogP contribution in [0.4, 0.5) is 0 Å². The Bertz CT molecular complexity index is 1510. The zero-order valence-corrected chi connectivity index (χ0v) is 25.9. The maximum absolute atomic E-state index is 14.1. The fourth-order valence-corrected chi connectivity index (χ4v) is 6.88. The number of sulfonamides is 1. The van der Waals surface area contributed by atoms with Gasteiger partial charge < -0.3 is 20.1 Å². The van der Waals surface area contributed by atoms with E-state index in [4.69, 9.17) is 20.6 Å². The lowest BCUT2D eigenvalue weighted by molar-refractivity contribution is -0.155. The first-order chi connectivity index (χ1) is 20.4. The number of amides is 1. The number of methoxy groups -OCH3 is 1. The number of likely N-dealkylation sites (N-methyl/N-ethyl adjacent to an activating group) is 1. The number of nitrogen functional groups attached to an aromatic ring is 1. The lowest BCUT2D eigenvalue weighted by atomic mass is 9.93. The molecule has 0 aliphatic carbocycles. The van der Waals surface area contributed by atoms with Gasteiger partial charge in [-0.1, -0.05) is 35.9 Å². The Kier molecular flexibility index (Phi) is 10.4. The molecule has 43 heavy (non-hydrogen) atoms. The van der Waals surface area contributed by atoms with Crippen LogP contribution in [0.25, 0.3) is 0 Å². The topological polar surface area (TPSA) is 155 Å². The van der Waals surface area contributed by atoms with Crippen LogP contribution in [0.5, 0.6) is 0 Å². The number of benzene rings is 2. The molecule has 2 heterocycles. The van der Waals surface area contributed by atoms with Gasteiger partial charge in [-0.2, -0.15) is 4.72 Å². The van der Waals surface area contributed by atoms with E-state index < -0.39 is 34.0 Å². The van der Waals surface area contributed by atoms with Gasteiger partial charge in [0.15, 0.2) is 0 Å². The summed E-state index contributed by atoms with van der Waals surface area (Å²) in [5.74, 6) is -1.23. The fraction of sp³-hybridized carbons (Fsp3) is 0.452. The number of esters is 1. The van der Waals surface area contributed by atoms with Gasteiger partial charge in [-0.15, -0.1) is 0 Å². The van der Waals surface area contributed by atoms with Gasteiger partial charge >= 0.3 is 5.97 Å². The highest BCUT2D eigenvalue weighted by molar-refractivity contribution is 7.89. The summed E-state index contributed by atoms with van der Waals surface area (Å²) in [6, 6.07) is 9.58. The normalized spacial score (nSPS) is 19.7. The zero-order chi connectivity index (χ0) is 31.3. The highest BCUT2D eigenvalue weighted by atomic mass is 32.2. The molecule has 232 valence electrons. The van der Waals surface area contributed by atoms with Gasteiger partial charge in [-0.25, -0.2) is 13.2 Å². The van der Waals surface area contributed by atoms with Crippen molar-refractivity contribution >= 4 is 27.7 Å². The van der Waals surface area contributed by atoms with E-state index in [1.165, 1.54) is 4.90 Å². The molecule has 2 aliphatic heterocycles. The molecule has 0 radical (unpaired) electrons. The molecule has 2 aromatic rings. The van der Waals surface area contributed by atoms with Crippen molar-refractivity contribution in [3.05, 3.63) is 76.4 Å². The first kappa shape index (κ1) is 32.3. The molecule has 0 aromatic heterocycles. The van der Waals surface area contributed by atoms with Crippen molar-refractivity contribution in [1.29, 1.82) is 5.41 Å². The summed E-state index contributed by atoms with van der Waals surface area (Å²) < 4.78 is 41.2. The highest BCUT2D eigenvalue weighted by Crippen LogP contribution is 2.31. The molecule has 1 amide bonds. The summed E-state index contributed by atoms with van der Waals surface area (Å²) in [6.45, 7) is 5.11. The first-order valence-electron chi connectivity index (χ1n) is 14.4. The molecule has 0 saturated carbocycles. The van der Waals surface area contributed by atoms with Gasteiger partial charge in [0.1, 0.15) is 17.9 Å². The maximum atomic E-state index is 14.1. The molecule has 2 aliphatic rings. The van der Waals surface area contributed by atoms with E-state index in [9.17, 15) is 18.0 Å². The van der Waals surface area contributed by atoms with Crippen molar-refractivity contribution in [3.63, 3.8) is 0 Å². The quantitative estimate of drug-likeness (QED) is 0.151. The minimum absolute atomic E-state index is 0.0199. The molecular formula is C31H41N5O6S. The molecule has 0 bridgehead atoms. The van der Waals surface area contributed by atoms with E-state index in [1.54, 1.807) is 50.4 Å². The third-order valence-corrected chi connectivity index (χ3v) is 9.49. The van der Waals surface area contributed by atoms with Crippen LogP contribution >= 0.6 is 0 Å². The summed E-state index contributed by atoms with van der Waals surface area (Å²) >= 11 is 0. The summed E-state index contributed by atoms with van der Waals surface area (Å²) in [5, 5.41) is 7.81. The first-order valence-corrected chi connectivity index (χ1v) is 15.8.